The molecule has 67 heavy (non-hydrogen) atoms. The van der Waals surface area contributed by atoms with Gasteiger partial charge in [0.1, 0.15) is 118 Å². The van der Waals surface area contributed by atoms with Crippen molar-refractivity contribution >= 4 is 11.8 Å². The number of methoxy groups -OCH3 is 1. The van der Waals surface area contributed by atoms with Gasteiger partial charge in [-0.25, -0.2) is 9.88 Å². The van der Waals surface area contributed by atoms with Crippen LogP contribution in [0.4, 0.5) is 0 Å². The Balaban J connectivity index is 1.45. The van der Waals surface area contributed by atoms with Crippen LogP contribution in [0, 0.1) is 0 Å². The molecule has 5 fully saturated rings. The van der Waals surface area contributed by atoms with E-state index in [1.54, 1.807) is 14.2 Å². The lowest BCUT2D eigenvalue weighted by Gasteiger charge is -2.50. The van der Waals surface area contributed by atoms with Crippen LogP contribution in [0.25, 0.3) is 0 Å². The summed E-state index contributed by atoms with van der Waals surface area (Å²) < 4.78 is 59.7. The molecule has 0 saturated carbocycles. The average Bonchev–Trinajstić information content (AvgIpc) is 3.29. The van der Waals surface area contributed by atoms with Crippen molar-refractivity contribution in [1.29, 1.82) is 0 Å². The lowest BCUT2D eigenvalue weighted by atomic mass is 9.94. The summed E-state index contributed by atoms with van der Waals surface area (Å²) in [4.78, 5) is 20.1. The highest BCUT2D eigenvalue weighted by molar-refractivity contribution is 5.73. The van der Waals surface area contributed by atoms with Gasteiger partial charge < -0.3 is 129 Å². The predicted octanol–water partition coefficient (Wildman–Crippen LogP) is -12.3. The van der Waals surface area contributed by atoms with Crippen molar-refractivity contribution in [1.82, 2.24) is 5.32 Å². The van der Waals surface area contributed by atoms with Crippen LogP contribution in [-0.4, -0.2) is 303 Å². The molecule has 5 aliphatic heterocycles. The van der Waals surface area contributed by atoms with Crippen molar-refractivity contribution in [3.05, 3.63) is 0 Å². The second-order valence-corrected chi connectivity index (χ2v) is 16.7. The summed E-state index contributed by atoms with van der Waals surface area (Å²) in [5.74, 6) is -0.955. The lowest BCUT2D eigenvalue weighted by molar-refractivity contribution is -0.583. The highest BCUT2D eigenvalue weighted by Crippen LogP contribution is 2.35. The molecule has 0 aliphatic carbocycles. The first-order valence-electron chi connectivity index (χ1n) is 21.1. The highest BCUT2D eigenvalue weighted by Gasteiger charge is 2.58. The van der Waals surface area contributed by atoms with Crippen molar-refractivity contribution < 1.29 is 143 Å². The van der Waals surface area contributed by atoms with E-state index >= 15 is 0 Å². The van der Waals surface area contributed by atoms with Crippen LogP contribution in [0.2, 0.25) is 0 Å². The van der Waals surface area contributed by atoms with Gasteiger partial charge in [-0.1, -0.05) is 0 Å². The van der Waals surface area contributed by atoms with Crippen LogP contribution < -0.4 is 10.3 Å². The largest absolute Gasteiger partial charge is 0.450 e. The second kappa shape index (κ2) is 24.8. The van der Waals surface area contributed by atoms with Crippen LogP contribution in [0.5, 0.6) is 0 Å². The maximum atomic E-state index is 12.7. The van der Waals surface area contributed by atoms with Crippen molar-refractivity contribution in [3.63, 3.8) is 0 Å². The third-order valence-electron chi connectivity index (χ3n) is 11.9. The summed E-state index contributed by atoms with van der Waals surface area (Å²) in [5.41, 5.74) is 0. The van der Waals surface area contributed by atoms with E-state index < -0.39 is 192 Å². The first kappa shape index (κ1) is 55.8. The zero-order valence-corrected chi connectivity index (χ0v) is 36.7. The third-order valence-corrected chi connectivity index (χ3v) is 11.9. The molecule has 30 nitrogen and oxygen atoms in total. The number of hydrogen-bond donors (Lipinski definition) is 17. The minimum Gasteiger partial charge on any atom is -0.450 e. The van der Waals surface area contributed by atoms with Crippen molar-refractivity contribution in [2.45, 2.75) is 160 Å². The quantitative estimate of drug-likeness (QED) is 0.0199. The van der Waals surface area contributed by atoms with Gasteiger partial charge in [0.25, 0.3) is 0 Å². The monoisotopic (exact) mass is 986 g/mol. The molecule has 5 aliphatic rings. The number of rotatable bonds is 18. The van der Waals surface area contributed by atoms with E-state index in [1.165, 1.54) is 7.11 Å². The van der Waals surface area contributed by atoms with Gasteiger partial charge in [0.15, 0.2) is 50.6 Å². The normalized spacial score (nSPS) is 46.6. The maximum absolute atomic E-state index is 12.7. The standard InChI is InChI=1S/C37H64N2O28/c1-11(44)38-18-23(48)29(14(7-42)61-34(18)64-30-16(10-67(3)4)58-33(54)19(31(30)66-55)39-17(8-43)56-2)63-37-28(53)32(65-36-27(52)25(50)21(46)13(6-41)60-36)22(47)15(62-37)9-57-35-26(51)24(49)20(45)12(5-40)59-35/h12-16,18-37,40-43,45-54H,5-10H2,1-4H3,(H-,38,44,55)/p+2/t12-,13-,14-,15-,16-,18-,19-,20-,21-,22-,23-,24+,25+,26+,27+,28+,29-,30-,31-,32+,33+,34+,35+,36-,37+/m1/s1. The van der Waals surface area contributed by atoms with E-state index in [0.717, 1.165) is 6.92 Å². The van der Waals surface area contributed by atoms with E-state index in [2.05, 4.69) is 14.7 Å². The molecule has 0 radical (unpaired) electrons. The van der Waals surface area contributed by atoms with Gasteiger partial charge in [-0.15, -0.1) is 0 Å². The minimum atomic E-state index is -2.18. The smallest absolute Gasteiger partial charge is 0.361 e. The van der Waals surface area contributed by atoms with E-state index in [0.29, 0.717) is 0 Å². The Morgan fingerprint density at radius 2 is 1.10 bits per heavy atom. The zero-order valence-electron chi connectivity index (χ0n) is 36.7. The molecular formula is C37H66N2O28+2. The van der Waals surface area contributed by atoms with E-state index in [1.807, 2.05) is 0 Å². The molecule has 0 aromatic rings. The third kappa shape index (κ3) is 12.7. The van der Waals surface area contributed by atoms with Crippen molar-refractivity contribution in [3.8, 4) is 0 Å². The van der Waals surface area contributed by atoms with Crippen LogP contribution in [-0.2, 0) is 61.4 Å². The Bertz CT molecular complexity index is 1550. The fourth-order valence-electron chi connectivity index (χ4n) is 8.27. The van der Waals surface area contributed by atoms with Gasteiger partial charge in [-0.05, 0) is 0 Å². The first-order chi connectivity index (χ1) is 31.7. The average molecular weight is 987 g/mol. The Morgan fingerprint density at radius 3 is 1.64 bits per heavy atom. The SMILES string of the molecule is COC(CO)=[NH+][C@@H]1[C@@H](OO)[C@H](O[C@@H]2O[C@H](CO)[C@@H](O[C@@H]3O[C@H](CO[C@H]4O[C@H](CO)[C@@H](O)[C@H](O)[C@@H]4O)[C@@H](O)[C@H](O[C@H]4O[C@H](CO)[C@@H](O)[C@H](O)[C@@H]4O)[C@@H]3O)[C@H](O)[C@H]2NC(C)=O)[C@@H](C[O+](C)C)O[C@@H]1O. The molecule has 0 spiro atoms. The van der Waals surface area contributed by atoms with E-state index in [4.69, 9.17) is 52.3 Å². The summed E-state index contributed by atoms with van der Waals surface area (Å²) in [6.07, 6.45) is -41.4. The molecule has 0 unspecified atom stereocenters. The van der Waals surface area contributed by atoms with Crippen molar-refractivity contribution in [2.75, 3.05) is 61.0 Å². The number of amides is 1. The molecule has 390 valence electrons. The lowest BCUT2D eigenvalue weighted by Crippen LogP contribution is -2.90. The summed E-state index contributed by atoms with van der Waals surface area (Å²) in [6.45, 7) is -3.24. The van der Waals surface area contributed by atoms with Gasteiger partial charge in [0, 0.05) is 6.92 Å². The van der Waals surface area contributed by atoms with Crippen LogP contribution >= 0.6 is 0 Å². The Labute approximate surface area is 381 Å². The van der Waals surface area contributed by atoms with Gasteiger partial charge in [-0.3, -0.25) is 10.1 Å². The van der Waals surface area contributed by atoms with Crippen LogP contribution in [0.3, 0.4) is 0 Å². The Morgan fingerprint density at radius 1 is 0.582 bits per heavy atom. The van der Waals surface area contributed by atoms with Crippen molar-refractivity contribution in [2.24, 2.45) is 0 Å². The molecule has 1 amide bonds. The van der Waals surface area contributed by atoms with Crippen LogP contribution in [0.15, 0.2) is 0 Å². The van der Waals surface area contributed by atoms with E-state index in [9.17, 15) is 81.5 Å². The van der Waals surface area contributed by atoms with Gasteiger partial charge in [-0.2, -0.15) is 0 Å². The molecule has 25 atom stereocenters. The number of carbonyl (C=O) groups excluding carboxylic acids is 1. The molecule has 17 N–H and O–H groups in total. The highest BCUT2D eigenvalue weighted by atomic mass is 17.1. The fourth-order valence-corrected chi connectivity index (χ4v) is 8.27. The predicted molar refractivity (Wildman–Crippen MR) is 208 cm³/mol. The molecule has 0 aromatic heterocycles. The molecule has 5 saturated heterocycles. The topological polar surface area (TPSA) is 451 Å². The number of carbonyl (C=O) groups is 1. The molecule has 5 rings (SSSR count). The Kier molecular flexibility index (Phi) is 20.7. The summed E-state index contributed by atoms with van der Waals surface area (Å²) in [5, 5.41) is 161. The summed E-state index contributed by atoms with van der Waals surface area (Å²) in [6, 6.07) is -3.07. The second-order valence-electron chi connectivity index (χ2n) is 16.7. The number of hydrogen-bond acceptors (Lipinski definition) is 27. The number of aliphatic hydroxyl groups is 14. The van der Waals surface area contributed by atoms with Gasteiger partial charge in [0.05, 0.1) is 33.5 Å². The van der Waals surface area contributed by atoms with Crippen LogP contribution in [0.1, 0.15) is 6.92 Å². The van der Waals surface area contributed by atoms with E-state index in [-0.39, 0.29) is 12.5 Å². The first-order valence-corrected chi connectivity index (χ1v) is 21.1. The minimum absolute atomic E-state index is 0.0826. The number of aliphatic hydroxyl groups excluding tert-OH is 14. The maximum Gasteiger partial charge on any atom is 0.361 e. The molecule has 30 heteroatoms. The fraction of sp³-hybridized carbons (Fsp3) is 0.946. The Hall–Kier alpha value is -2.10. The summed E-state index contributed by atoms with van der Waals surface area (Å²) >= 11 is 0. The number of nitrogens with one attached hydrogen (secondary N) is 2. The molecular weight excluding hydrogens is 920 g/mol. The molecule has 5 heterocycles. The van der Waals surface area contributed by atoms with Gasteiger partial charge in [0.2, 0.25) is 18.2 Å². The summed E-state index contributed by atoms with van der Waals surface area (Å²) in [7, 11) is 4.33. The molecule has 0 aromatic carbocycles. The number of ether oxygens (including phenoxy) is 10. The molecule has 0 bridgehead atoms. The van der Waals surface area contributed by atoms with Gasteiger partial charge >= 0.3 is 5.90 Å². The zero-order chi connectivity index (χ0) is 49.6.